The fourth-order valence-electron chi connectivity index (χ4n) is 3.59. The van der Waals surface area contributed by atoms with Crippen molar-refractivity contribution in [3.05, 3.63) is 48.4 Å². The monoisotopic (exact) mass is 416 g/mol. The van der Waals surface area contributed by atoms with E-state index in [-0.39, 0.29) is 30.5 Å². The molecule has 3 N–H and O–H groups in total. The van der Waals surface area contributed by atoms with Crippen LogP contribution in [0, 0.1) is 0 Å². The van der Waals surface area contributed by atoms with Crippen LogP contribution in [0.15, 0.2) is 42.6 Å². The van der Waals surface area contributed by atoms with Crippen LogP contribution in [0.4, 0.5) is 10.5 Å². The minimum Gasteiger partial charge on any atom is -0.481 e. The smallest absolute Gasteiger partial charge is 0.319 e. The molecule has 1 aromatic carbocycles. The number of hydrogen-bond acceptors (Lipinski definition) is 5. The zero-order chi connectivity index (χ0) is 19.5. The number of anilines is 1. The Hall–Kier alpha value is -2.84. The van der Waals surface area contributed by atoms with Gasteiger partial charge in [0, 0.05) is 18.7 Å². The van der Waals surface area contributed by atoms with Crippen LogP contribution in [0.3, 0.4) is 0 Å². The molecule has 29 heavy (non-hydrogen) atoms. The summed E-state index contributed by atoms with van der Waals surface area (Å²) >= 11 is 0. The van der Waals surface area contributed by atoms with Gasteiger partial charge in [0.2, 0.25) is 5.88 Å². The van der Waals surface area contributed by atoms with Gasteiger partial charge < -0.3 is 20.4 Å². The van der Waals surface area contributed by atoms with Gasteiger partial charge in [-0.05, 0) is 38.1 Å². The summed E-state index contributed by atoms with van der Waals surface area (Å²) in [4.78, 5) is 26.9. The van der Waals surface area contributed by atoms with Gasteiger partial charge in [-0.3, -0.25) is 4.90 Å². The number of imidazole rings is 1. The number of benzene rings is 1. The quantitative estimate of drug-likeness (QED) is 0.606. The molecule has 1 saturated heterocycles. The Balaban J connectivity index is 0.00000240. The number of aromatic nitrogens is 3. The normalized spacial score (nSPS) is 19.4. The third kappa shape index (κ3) is 4.78. The number of amides is 2. The number of hydrogen-bond donors (Lipinski definition) is 3. The highest BCUT2D eigenvalue weighted by Crippen LogP contribution is 2.29. The van der Waals surface area contributed by atoms with Gasteiger partial charge in [-0.25, -0.2) is 14.8 Å². The number of nitrogens with one attached hydrogen (secondary N) is 3. The van der Waals surface area contributed by atoms with E-state index in [1.165, 1.54) is 0 Å². The van der Waals surface area contributed by atoms with Gasteiger partial charge in [-0.15, -0.1) is 12.4 Å². The Morgan fingerprint density at radius 2 is 2.10 bits per heavy atom. The topological polar surface area (TPSA) is 95.2 Å². The maximum Gasteiger partial charge on any atom is 0.319 e. The minimum absolute atomic E-state index is 0. The van der Waals surface area contributed by atoms with Gasteiger partial charge in [-0.1, -0.05) is 12.1 Å². The van der Waals surface area contributed by atoms with Gasteiger partial charge in [0.15, 0.2) is 0 Å². The van der Waals surface area contributed by atoms with Gasteiger partial charge in [0.05, 0.1) is 36.1 Å². The van der Waals surface area contributed by atoms with E-state index in [9.17, 15) is 4.79 Å². The summed E-state index contributed by atoms with van der Waals surface area (Å²) in [5, 5.41) is 5.90. The van der Waals surface area contributed by atoms with Crippen molar-refractivity contribution in [2.75, 3.05) is 26.0 Å². The molecule has 154 valence electrons. The van der Waals surface area contributed by atoms with Crippen molar-refractivity contribution >= 4 is 35.2 Å². The number of para-hydroxylation sites is 2. The number of nitrogens with zero attached hydrogens (tertiary/aromatic N) is 3. The lowest BCUT2D eigenvalue weighted by molar-refractivity contribution is 0.153. The number of ether oxygens (including phenoxy) is 1. The summed E-state index contributed by atoms with van der Waals surface area (Å²) in [7, 11) is 3.65. The number of aromatic amines is 1. The predicted molar refractivity (Wildman–Crippen MR) is 115 cm³/mol. The Labute approximate surface area is 175 Å². The summed E-state index contributed by atoms with van der Waals surface area (Å²) in [6, 6.07) is 11.5. The Bertz CT molecular complexity index is 928. The molecule has 1 aliphatic heterocycles. The lowest BCUT2D eigenvalue weighted by atomic mass is 9.97. The molecule has 2 atom stereocenters. The molecule has 0 saturated carbocycles. The Morgan fingerprint density at radius 3 is 2.83 bits per heavy atom. The van der Waals surface area contributed by atoms with Crippen molar-refractivity contribution in [1.29, 1.82) is 0 Å². The zero-order valence-corrected chi connectivity index (χ0v) is 17.2. The first kappa shape index (κ1) is 20.9. The van der Waals surface area contributed by atoms with Crippen molar-refractivity contribution in [1.82, 2.24) is 25.2 Å². The van der Waals surface area contributed by atoms with E-state index in [0.29, 0.717) is 11.6 Å². The molecule has 3 heterocycles. The molecule has 1 fully saturated rings. The summed E-state index contributed by atoms with van der Waals surface area (Å²) < 4.78 is 5.03. The number of likely N-dealkylation sites (tertiary alicyclic amines) is 1. The van der Waals surface area contributed by atoms with E-state index < -0.39 is 0 Å². The molecule has 0 radical (unpaired) electrons. The van der Waals surface area contributed by atoms with Crippen molar-refractivity contribution in [3.8, 4) is 5.88 Å². The fraction of sp³-hybridized carbons (Fsp3) is 0.350. The molecule has 0 spiro atoms. The van der Waals surface area contributed by atoms with Gasteiger partial charge in [0.1, 0.15) is 5.82 Å². The van der Waals surface area contributed by atoms with Crippen molar-refractivity contribution in [2.24, 2.45) is 0 Å². The second-order valence-electron chi connectivity index (χ2n) is 7.04. The molecule has 4 rings (SSSR count). The molecule has 8 nitrogen and oxygen atoms in total. The SMILES string of the molecule is COc1ccc(NC(=O)N[C@@H]2CCN(C)[C@@H](c3nc4ccccc4[nH]3)C2)cn1.Cl. The van der Waals surface area contributed by atoms with Crippen molar-refractivity contribution in [2.45, 2.75) is 24.9 Å². The molecule has 0 aliphatic carbocycles. The number of H-pyrrole nitrogens is 1. The van der Waals surface area contributed by atoms with Crippen LogP contribution in [0.5, 0.6) is 5.88 Å². The summed E-state index contributed by atoms with van der Waals surface area (Å²) in [5.74, 6) is 1.45. The number of piperidine rings is 1. The highest BCUT2D eigenvalue weighted by Gasteiger charge is 2.30. The lowest BCUT2D eigenvalue weighted by Crippen LogP contribution is -2.46. The van der Waals surface area contributed by atoms with Crippen LogP contribution in [0.1, 0.15) is 24.7 Å². The Morgan fingerprint density at radius 1 is 1.28 bits per heavy atom. The molecular weight excluding hydrogens is 392 g/mol. The van der Waals surface area contributed by atoms with E-state index >= 15 is 0 Å². The third-order valence-corrected chi connectivity index (χ3v) is 5.13. The van der Waals surface area contributed by atoms with E-state index in [2.05, 4.69) is 32.5 Å². The summed E-state index contributed by atoms with van der Waals surface area (Å²) in [5.41, 5.74) is 2.62. The standard InChI is InChI=1S/C20H24N6O2.ClH/c1-26-10-9-13(22-20(27)23-14-7-8-18(28-2)21-12-14)11-17(26)19-24-15-5-3-4-6-16(15)25-19;/h3-8,12-13,17H,9-11H2,1-2H3,(H,24,25)(H2,22,23,27);1H/t13-,17-;/m1./s1. The molecule has 2 amide bonds. The summed E-state index contributed by atoms with van der Waals surface area (Å²) in [6.07, 6.45) is 3.26. The second-order valence-corrected chi connectivity index (χ2v) is 7.04. The average Bonchev–Trinajstić information content (AvgIpc) is 3.14. The molecule has 0 bridgehead atoms. The lowest BCUT2D eigenvalue weighted by Gasteiger charge is -2.36. The largest absolute Gasteiger partial charge is 0.481 e. The Kier molecular flexibility index (Phi) is 6.56. The number of urea groups is 1. The number of pyridine rings is 1. The van der Waals surface area contributed by atoms with Crippen LogP contribution in [0.25, 0.3) is 11.0 Å². The maximum absolute atomic E-state index is 12.4. The molecule has 0 unspecified atom stereocenters. The molecule has 9 heteroatoms. The highest BCUT2D eigenvalue weighted by atomic mass is 35.5. The van der Waals surface area contributed by atoms with Crippen LogP contribution in [0.2, 0.25) is 0 Å². The van der Waals surface area contributed by atoms with Gasteiger partial charge in [-0.2, -0.15) is 0 Å². The number of halogens is 1. The van der Waals surface area contributed by atoms with E-state index in [0.717, 1.165) is 36.2 Å². The van der Waals surface area contributed by atoms with Gasteiger partial charge in [0.25, 0.3) is 0 Å². The van der Waals surface area contributed by atoms with Gasteiger partial charge >= 0.3 is 6.03 Å². The minimum atomic E-state index is -0.232. The number of carbonyl (C=O) groups is 1. The van der Waals surface area contributed by atoms with Crippen LogP contribution >= 0.6 is 12.4 Å². The maximum atomic E-state index is 12.4. The number of fused-ring (bicyclic) bond motifs is 1. The van der Waals surface area contributed by atoms with Crippen LogP contribution in [-0.4, -0.2) is 52.6 Å². The first-order valence-electron chi connectivity index (χ1n) is 9.35. The number of rotatable bonds is 4. The van der Waals surface area contributed by atoms with E-state index in [1.807, 2.05) is 24.3 Å². The molecule has 2 aromatic heterocycles. The first-order valence-corrected chi connectivity index (χ1v) is 9.35. The van der Waals surface area contributed by atoms with Crippen molar-refractivity contribution < 1.29 is 9.53 Å². The predicted octanol–water partition coefficient (Wildman–Crippen LogP) is 3.35. The second kappa shape index (κ2) is 9.11. The third-order valence-electron chi connectivity index (χ3n) is 5.13. The van der Waals surface area contributed by atoms with E-state index in [1.54, 1.807) is 25.4 Å². The zero-order valence-electron chi connectivity index (χ0n) is 16.4. The fourth-order valence-corrected chi connectivity index (χ4v) is 3.59. The number of methoxy groups -OCH3 is 1. The van der Waals surface area contributed by atoms with E-state index in [4.69, 9.17) is 9.72 Å². The molecule has 1 aliphatic rings. The highest BCUT2D eigenvalue weighted by molar-refractivity contribution is 5.89. The molecule has 3 aromatic rings. The molecular formula is C20H25ClN6O2. The summed E-state index contributed by atoms with van der Waals surface area (Å²) in [6.45, 7) is 0.886. The van der Waals surface area contributed by atoms with Crippen LogP contribution < -0.4 is 15.4 Å². The van der Waals surface area contributed by atoms with Crippen molar-refractivity contribution in [3.63, 3.8) is 0 Å². The number of carbonyl (C=O) groups excluding carboxylic acids is 1. The van der Waals surface area contributed by atoms with Crippen LogP contribution in [-0.2, 0) is 0 Å². The average molecular weight is 417 g/mol. The first-order chi connectivity index (χ1) is 13.6.